The zero-order valence-electron chi connectivity index (χ0n) is 19.8. The van der Waals surface area contributed by atoms with Gasteiger partial charge in [0.2, 0.25) is 0 Å². The number of halogens is 2. The molecule has 4 N–H and O–H groups in total. The molecule has 2 heterocycles. The molecule has 2 aromatic heterocycles. The number of rotatable bonds is 7. The number of aryl methyl sites for hydroxylation is 2. The van der Waals surface area contributed by atoms with Gasteiger partial charge < -0.3 is 16.2 Å². The number of benzene rings is 2. The quantitative estimate of drug-likeness (QED) is 0.323. The van der Waals surface area contributed by atoms with E-state index in [2.05, 4.69) is 20.4 Å². The zero-order valence-corrected chi connectivity index (χ0v) is 20.6. The van der Waals surface area contributed by atoms with Gasteiger partial charge in [-0.25, -0.2) is 18.7 Å². The lowest BCUT2D eigenvalue weighted by Crippen LogP contribution is -2.31. The first-order valence-corrected chi connectivity index (χ1v) is 12.1. The van der Waals surface area contributed by atoms with Crippen LogP contribution in [0.25, 0.3) is 22.5 Å². The van der Waals surface area contributed by atoms with E-state index in [0.717, 1.165) is 17.3 Å². The maximum atomic E-state index is 15.1. The second kappa shape index (κ2) is 10.4. The Balaban J connectivity index is 1.61. The molecule has 0 fully saturated rings. The van der Waals surface area contributed by atoms with Gasteiger partial charge in [-0.3, -0.25) is 9.48 Å². The molecule has 0 spiro atoms. The van der Waals surface area contributed by atoms with Crippen LogP contribution in [0.5, 0.6) is 0 Å². The summed E-state index contributed by atoms with van der Waals surface area (Å²) < 4.78 is 30.7. The molecule has 0 unspecified atom stereocenters. The van der Waals surface area contributed by atoms with E-state index >= 15 is 4.39 Å². The van der Waals surface area contributed by atoms with Gasteiger partial charge in [0.05, 0.1) is 35.8 Å². The van der Waals surface area contributed by atoms with Crippen molar-refractivity contribution in [2.45, 2.75) is 17.9 Å². The lowest BCUT2D eigenvalue weighted by atomic mass is 10.0. The third-order valence-corrected chi connectivity index (χ3v) is 6.30. The van der Waals surface area contributed by atoms with Crippen molar-refractivity contribution in [3.8, 4) is 22.5 Å². The average molecular weight is 511 g/mol. The highest BCUT2D eigenvalue weighted by atomic mass is 32.2. The molecule has 0 aliphatic rings. The Morgan fingerprint density at radius 3 is 2.67 bits per heavy atom. The molecule has 11 heteroatoms. The minimum absolute atomic E-state index is 0.105. The molecule has 0 saturated carbocycles. The van der Waals surface area contributed by atoms with Gasteiger partial charge in [-0.2, -0.15) is 5.10 Å². The van der Waals surface area contributed by atoms with E-state index in [1.807, 2.05) is 6.92 Å². The number of aliphatic hydroxyl groups excluding tert-OH is 1. The molecule has 1 amide bonds. The third kappa shape index (κ3) is 5.21. The van der Waals surface area contributed by atoms with Crippen LogP contribution >= 0.6 is 11.8 Å². The number of nitrogens with two attached hydrogens (primary N) is 1. The number of anilines is 1. The van der Waals surface area contributed by atoms with Gasteiger partial charge in [0.25, 0.3) is 5.91 Å². The van der Waals surface area contributed by atoms with Gasteiger partial charge in [-0.05, 0) is 49.1 Å². The minimum atomic E-state index is -0.918. The number of aromatic nitrogens is 4. The molecular formula is C25H24F2N6O2S. The van der Waals surface area contributed by atoms with E-state index in [-0.39, 0.29) is 17.1 Å². The predicted octanol–water partition coefficient (Wildman–Crippen LogP) is 3.90. The fourth-order valence-electron chi connectivity index (χ4n) is 3.81. The Morgan fingerprint density at radius 2 is 2.03 bits per heavy atom. The second-order valence-electron chi connectivity index (χ2n) is 8.12. The first kappa shape index (κ1) is 25.3. The number of hydrogen-bond acceptors (Lipinski definition) is 7. The van der Waals surface area contributed by atoms with Gasteiger partial charge in [-0.15, -0.1) is 11.8 Å². The molecule has 4 aromatic rings. The Labute approximate surface area is 210 Å². The maximum Gasteiger partial charge on any atom is 0.254 e. The highest BCUT2D eigenvalue weighted by Gasteiger charge is 2.20. The Kier molecular flexibility index (Phi) is 7.32. The zero-order chi connectivity index (χ0) is 26.0. The van der Waals surface area contributed by atoms with Crippen molar-refractivity contribution in [1.29, 1.82) is 0 Å². The van der Waals surface area contributed by atoms with Crippen molar-refractivity contribution in [2.75, 3.05) is 18.6 Å². The van der Waals surface area contributed by atoms with Gasteiger partial charge in [-0.1, -0.05) is 6.07 Å². The third-order valence-electron chi connectivity index (χ3n) is 5.60. The standard InChI is InChI=1S/C25H24F2N6O2S/c1-13-19(11-33(2)32-13)21-10-29-24(28)23(30-21)14-4-5-18(20(27)8-14)25(35)31-22(12-34)15-6-16(26)9-17(7-15)36-3/h4-11,22,34H,12H2,1-3H3,(H2,28,29)(H,31,35)/t22-/m1/s1. The predicted molar refractivity (Wildman–Crippen MR) is 134 cm³/mol. The van der Waals surface area contributed by atoms with Crippen LogP contribution in [0.3, 0.4) is 0 Å². The highest BCUT2D eigenvalue weighted by molar-refractivity contribution is 7.98. The first-order valence-electron chi connectivity index (χ1n) is 10.9. The summed E-state index contributed by atoms with van der Waals surface area (Å²) in [6.45, 7) is 1.35. The van der Waals surface area contributed by atoms with Crippen LogP contribution in [0.4, 0.5) is 14.6 Å². The van der Waals surface area contributed by atoms with Crippen LogP contribution < -0.4 is 11.1 Å². The number of nitrogens with one attached hydrogen (secondary N) is 1. The van der Waals surface area contributed by atoms with Crippen molar-refractivity contribution >= 4 is 23.5 Å². The maximum absolute atomic E-state index is 15.1. The smallest absolute Gasteiger partial charge is 0.254 e. The van der Waals surface area contributed by atoms with E-state index < -0.39 is 30.2 Å². The fraction of sp³-hybridized carbons (Fsp3) is 0.200. The Bertz CT molecular complexity index is 1440. The summed E-state index contributed by atoms with van der Waals surface area (Å²) in [5.41, 5.74) is 8.79. The molecule has 4 rings (SSSR count). The number of amides is 1. The number of carbonyl (C=O) groups excluding carboxylic acids is 1. The molecule has 0 aliphatic heterocycles. The van der Waals surface area contributed by atoms with E-state index in [1.165, 1.54) is 42.2 Å². The molecule has 186 valence electrons. The number of nitrogens with zero attached hydrogens (tertiary/aromatic N) is 4. The molecule has 0 aliphatic carbocycles. The molecular weight excluding hydrogens is 486 g/mol. The molecule has 8 nitrogen and oxygen atoms in total. The Hall–Kier alpha value is -3.83. The molecule has 1 atom stereocenters. The van der Waals surface area contributed by atoms with Crippen LogP contribution in [0.15, 0.2) is 53.7 Å². The van der Waals surface area contributed by atoms with Crippen molar-refractivity contribution < 1.29 is 18.7 Å². The van der Waals surface area contributed by atoms with Crippen LogP contribution in [-0.2, 0) is 7.05 Å². The molecule has 0 bridgehead atoms. The van der Waals surface area contributed by atoms with Crippen molar-refractivity contribution in [2.24, 2.45) is 7.05 Å². The number of hydrogen-bond donors (Lipinski definition) is 3. The van der Waals surface area contributed by atoms with Crippen molar-refractivity contribution in [3.05, 3.63) is 77.2 Å². The normalized spacial score (nSPS) is 11.9. The largest absolute Gasteiger partial charge is 0.394 e. The van der Waals surface area contributed by atoms with E-state index in [9.17, 15) is 14.3 Å². The Morgan fingerprint density at radius 1 is 1.25 bits per heavy atom. The fourth-order valence-corrected chi connectivity index (χ4v) is 4.30. The summed E-state index contributed by atoms with van der Waals surface area (Å²) in [6.07, 6.45) is 5.10. The van der Waals surface area contributed by atoms with Crippen molar-refractivity contribution in [3.63, 3.8) is 0 Å². The molecule has 36 heavy (non-hydrogen) atoms. The topological polar surface area (TPSA) is 119 Å². The summed E-state index contributed by atoms with van der Waals surface area (Å²) >= 11 is 1.32. The summed E-state index contributed by atoms with van der Waals surface area (Å²) in [5.74, 6) is -1.96. The summed E-state index contributed by atoms with van der Waals surface area (Å²) in [7, 11) is 1.79. The SMILES string of the molecule is CSc1cc(F)cc([C@@H](CO)NC(=O)c2ccc(-c3nc(-c4cn(C)nc4C)cnc3N)cc2F)c1. The summed E-state index contributed by atoms with van der Waals surface area (Å²) in [5, 5.41) is 16.6. The lowest BCUT2D eigenvalue weighted by molar-refractivity contribution is 0.0912. The molecule has 2 aromatic carbocycles. The van der Waals surface area contributed by atoms with Gasteiger partial charge >= 0.3 is 0 Å². The van der Waals surface area contributed by atoms with Gasteiger partial charge in [0.1, 0.15) is 23.1 Å². The highest BCUT2D eigenvalue weighted by Crippen LogP contribution is 2.29. The monoisotopic (exact) mass is 510 g/mol. The van der Waals surface area contributed by atoms with Crippen LogP contribution in [0, 0.1) is 18.6 Å². The van der Waals surface area contributed by atoms with Gasteiger partial charge in [0, 0.05) is 29.3 Å². The summed E-state index contributed by atoms with van der Waals surface area (Å²) in [6, 6.07) is 7.28. The van der Waals surface area contributed by atoms with Crippen LogP contribution in [0.2, 0.25) is 0 Å². The van der Waals surface area contributed by atoms with Gasteiger partial charge in [0.15, 0.2) is 0 Å². The van der Waals surface area contributed by atoms with Crippen molar-refractivity contribution in [1.82, 2.24) is 25.1 Å². The molecule has 0 saturated heterocycles. The number of aliphatic hydroxyl groups is 1. The average Bonchev–Trinajstić information content (AvgIpc) is 3.19. The number of thioether (sulfide) groups is 1. The lowest BCUT2D eigenvalue weighted by Gasteiger charge is -2.18. The van der Waals surface area contributed by atoms with Crippen LogP contribution in [-0.4, -0.2) is 43.6 Å². The minimum Gasteiger partial charge on any atom is -0.394 e. The van der Waals surface area contributed by atoms with E-state index in [4.69, 9.17) is 5.73 Å². The van der Waals surface area contributed by atoms with E-state index in [0.29, 0.717) is 21.7 Å². The van der Waals surface area contributed by atoms with E-state index in [1.54, 1.807) is 30.2 Å². The summed E-state index contributed by atoms with van der Waals surface area (Å²) in [4.78, 5) is 22.2. The second-order valence-corrected chi connectivity index (χ2v) is 9.00. The molecule has 0 radical (unpaired) electrons. The first-order chi connectivity index (χ1) is 17.2. The number of carbonyl (C=O) groups is 1. The van der Waals surface area contributed by atoms with Crippen LogP contribution in [0.1, 0.15) is 27.7 Å². The number of nitrogen functional groups attached to an aromatic ring is 1.